The van der Waals surface area contributed by atoms with Crippen LogP contribution in [0.5, 0.6) is 0 Å². The van der Waals surface area contributed by atoms with Crippen molar-refractivity contribution in [2.45, 2.75) is 19.4 Å². The Morgan fingerprint density at radius 3 is 2.88 bits per heavy atom. The predicted molar refractivity (Wildman–Crippen MR) is 64.5 cm³/mol. The van der Waals surface area contributed by atoms with Crippen molar-refractivity contribution in [3.05, 3.63) is 0 Å². The maximum Gasteiger partial charge on any atom is 0.191 e. The summed E-state index contributed by atoms with van der Waals surface area (Å²) in [4.78, 5) is 8.94. The first-order valence-corrected chi connectivity index (χ1v) is 6.14. The second-order valence-corrected chi connectivity index (χ2v) is 4.56. The number of nitrogens with zero attached hydrogens (tertiary/aromatic N) is 3. The molecule has 16 heavy (non-hydrogen) atoms. The minimum Gasteiger partial charge on any atom is -0.375 e. The van der Waals surface area contributed by atoms with Crippen molar-refractivity contribution in [2.75, 3.05) is 45.9 Å². The SMILES string of the molecule is CC1CN(C(N)=NCCN2CCC2)CCO1. The van der Waals surface area contributed by atoms with Crippen molar-refractivity contribution in [1.29, 1.82) is 0 Å². The van der Waals surface area contributed by atoms with Crippen LogP contribution in [-0.4, -0.2) is 67.7 Å². The third kappa shape index (κ3) is 3.09. The molecule has 0 aromatic heterocycles. The van der Waals surface area contributed by atoms with Gasteiger partial charge in [-0.1, -0.05) is 0 Å². The molecule has 0 saturated carbocycles. The van der Waals surface area contributed by atoms with Gasteiger partial charge in [0.15, 0.2) is 5.96 Å². The molecule has 2 aliphatic heterocycles. The average Bonchev–Trinajstić information content (AvgIpc) is 2.21. The minimum atomic E-state index is 0.262. The van der Waals surface area contributed by atoms with E-state index in [1.54, 1.807) is 0 Å². The Hall–Kier alpha value is -0.810. The maximum absolute atomic E-state index is 5.96. The highest BCUT2D eigenvalue weighted by Crippen LogP contribution is 2.05. The van der Waals surface area contributed by atoms with Crippen LogP contribution in [0.2, 0.25) is 0 Å². The molecule has 2 N–H and O–H groups in total. The lowest BCUT2D eigenvalue weighted by Gasteiger charge is -2.32. The summed E-state index contributed by atoms with van der Waals surface area (Å²) >= 11 is 0. The van der Waals surface area contributed by atoms with E-state index in [1.807, 2.05) is 0 Å². The molecule has 0 aliphatic carbocycles. The van der Waals surface area contributed by atoms with E-state index >= 15 is 0 Å². The highest BCUT2D eigenvalue weighted by molar-refractivity contribution is 5.78. The van der Waals surface area contributed by atoms with Gasteiger partial charge in [-0.2, -0.15) is 0 Å². The molecule has 1 atom stereocenters. The molecule has 0 spiro atoms. The quantitative estimate of drug-likeness (QED) is 0.531. The lowest BCUT2D eigenvalue weighted by atomic mass is 10.2. The lowest BCUT2D eigenvalue weighted by molar-refractivity contribution is 0.00527. The number of nitrogens with two attached hydrogens (primary N) is 1. The van der Waals surface area contributed by atoms with Crippen molar-refractivity contribution < 1.29 is 4.74 Å². The summed E-state index contributed by atoms with van der Waals surface area (Å²) in [5.41, 5.74) is 5.96. The van der Waals surface area contributed by atoms with Gasteiger partial charge in [0.05, 0.1) is 19.3 Å². The van der Waals surface area contributed by atoms with Crippen molar-refractivity contribution in [3.8, 4) is 0 Å². The van der Waals surface area contributed by atoms with E-state index in [0.29, 0.717) is 5.96 Å². The molecule has 92 valence electrons. The number of rotatable bonds is 3. The van der Waals surface area contributed by atoms with Gasteiger partial charge in [-0.25, -0.2) is 0 Å². The molecule has 5 heteroatoms. The monoisotopic (exact) mass is 226 g/mol. The van der Waals surface area contributed by atoms with E-state index < -0.39 is 0 Å². The molecule has 2 heterocycles. The molecule has 2 aliphatic rings. The molecule has 1 unspecified atom stereocenters. The second-order valence-electron chi connectivity index (χ2n) is 4.56. The molecule has 0 aromatic carbocycles. The maximum atomic E-state index is 5.96. The van der Waals surface area contributed by atoms with Gasteiger partial charge in [0.25, 0.3) is 0 Å². The topological polar surface area (TPSA) is 54.1 Å². The zero-order valence-corrected chi connectivity index (χ0v) is 10.1. The van der Waals surface area contributed by atoms with Crippen molar-refractivity contribution in [1.82, 2.24) is 9.80 Å². The fourth-order valence-electron chi connectivity index (χ4n) is 2.04. The Kier molecular flexibility index (Phi) is 4.01. The molecule has 0 radical (unpaired) electrons. The summed E-state index contributed by atoms with van der Waals surface area (Å²) in [6.07, 6.45) is 1.60. The third-order valence-electron chi connectivity index (χ3n) is 3.20. The summed E-state index contributed by atoms with van der Waals surface area (Å²) < 4.78 is 5.47. The molecule has 5 nitrogen and oxygen atoms in total. The van der Waals surface area contributed by atoms with Gasteiger partial charge >= 0.3 is 0 Å². The summed E-state index contributed by atoms with van der Waals surface area (Å²) in [5, 5.41) is 0. The Balaban J connectivity index is 1.71. The summed E-state index contributed by atoms with van der Waals surface area (Å²) in [5.74, 6) is 0.677. The summed E-state index contributed by atoms with van der Waals surface area (Å²) in [6, 6.07) is 0. The first-order valence-electron chi connectivity index (χ1n) is 6.14. The van der Waals surface area contributed by atoms with Crippen molar-refractivity contribution in [3.63, 3.8) is 0 Å². The van der Waals surface area contributed by atoms with Crippen LogP contribution in [0.25, 0.3) is 0 Å². The van der Waals surface area contributed by atoms with Crippen LogP contribution in [0.15, 0.2) is 4.99 Å². The Morgan fingerprint density at radius 1 is 1.44 bits per heavy atom. The average molecular weight is 226 g/mol. The number of morpholine rings is 1. The van der Waals surface area contributed by atoms with Crippen LogP contribution in [0, 0.1) is 0 Å². The van der Waals surface area contributed by atoms with Crippen molar-refractivity contribution in [2.24, 2.45) is 10.7 Å². The highest BCUT2D eigenvalue weighted by atomic mass is 16.5. The van der Waals surface area contributed by atoms with E-state index in [2.05, 4.69) is 21.7 Å². The number of hydrogen-bond donors (Lipinski definition) is 1. The third-order valence-corrected chi connectivity index (χ3v) is 3.20. The van der Waals surface area contributed by atoms with Crippen LogP contribution in [-0.2, 0) is 4.74 Å². The number of aliphatic imine (C=N–C) groups is 1. The second kappa shape index (κ2) is 5.50. The fourth-order valence-corrected chi connectivity index (χ4v) is 2.04. The van der Waals surface area contributed by atoms with E-state index in [1.165, 1.54) is 19.5 Å². The molecule has 2 rings (SSSR count). The van der Waals surface area contributed by atoms with Gasteiger partial charge in [0, 0.05) is 19.6 Å². The van der Waals surface area contributed by atoms with E-state index in [9.17, 15) is 0 Å². The van der Waals surface area contributed by atoms with Crippen LogP contribution < -0.4 is 5.73 Å². The lowest BCUT2D eigenvalue weighted by Crippen LogP contribution is -2.48. The summed E-state index contributed by atoms with van der Waals surface area (Å²) in [6.45, 7) is 8.86. The molecular formula is C11H22N4O. The normalized spacial score (nSPS) is 27.9. The largest absolute Gasteiger partial charge is 0.375 e. The number of guanidine groups is 1. The number of hydrogen-bond acceptors (Lipinski definition) is 3. The van der Waals surface area contributed by atoms with Gasteiger partial charge in [-0.15, -0.1) is 0 Å². The Morgan fingerprint density at radius 2 is 2.25 bits per heavy atom. The summed E-state index contributed by atoms with van der Waals surface area (Å²) in [7, 11) is 0. The minimum absolute atomic E-state index is 0.262. The fraction of sp³-hybridized carbons (Fsp3) is 0.909. The van der Waals surface area contributed by atoms with Gasteiger partial charge in [0.2, 0.25) is 0 Å². The van der Waals surface area contributed by atoms with Gasteiger partial charge in [0.1, 0.15) is 0 Å². The Labute approximate surface area is 97.2 Å². The zero-order valence-electron chi connectivity index (χ0n) is 10.1. The van der Waals surface area contributed by atoms with Gasteiger partial charge < -0.3 is 20.3 Å². The number of likely N-dealkylation sites (tertiary alicyclic amines) is 1. The van der Waals surface area contributed by atoms with Crippen LogP contribution in [0.4, 0.5) is 0 Å². The first-order chi connectivity index (χ1) is 7.75. The molecule has 0 amide bonds. The molecule has 0 bridgehead atoms. The van der Waals surface area contributed by atoms with Gasteiger partial charge in [-0.3, -0.25) is 4.99 Å². The first kappa shape index (κ1) is 11.7. The predicted octanol–water partition coefficient (Wildman–Crippen LogP) is -0.272. The molecule has 2 saturated heterocycles. The van der Waals surface area contributed by atoms with Crippen LogP contribution in [0.1, 0.15) is 13.3 Å². The standard InChI is InChI=1S/C11H22N4O/c1-10-9-15(7-8-16-10)11(12)13-3-6-14-4-2-5-14/h10H,2-9H2,1H3,(H2,12,13). The number of ether oxygens (including phenoxy) is 1. The van der Waals surface area contributed by atoms with Crippen molar-refractivity contribution >= 4 is 5.96 Å². The van der Waals surface area contributed by atoms with Crippen LogP contribution in [0.3, 0.4) is 0 Å². The van der Waals surface area contributed by atoms with Crippen LogP contribution >= 0.6 is 0 Å². The Bertz CT molecular complexity index is 252. The van der Waals surface area contributed by atoms with E-state index in [0.717, 1.165) is 32.8 Å². The van der Waals surface area contributed by atoms with E-state index in [4.69, 9.17) is 10.5 Å². The molecule has 2 fully saturated rings. The molecular weight excluding hydrogens is 204 g/mol. The highest BCUT2D eigenvalue weighted by Gasteiger charge is 2.18. The van der Waals surface area contributed by atoms with Gasteiger partial charge in [-0.05, 0) is 26.4 Å². The molecule has 0 aromatic rings. The zero-order chi connectivity index (χ0) is 11.4. The van der Waals surface area contributed by atoms with E-state index in [-0.39, 0.29) is 6.10 Å². The smallest absolute Gasteiger partial charge is 0.191 e.